The Hall–Kier alpha value is -2.74. The van der Waals surface area contributed by atoms with Crippen LogP contribution in [0.3, 0.4) is 0 Å². The van der Waals surface area contributed by atoms with Crippen molar-refractivity contribution in [1.29, 1.82) is 0 Å². The molecule has 7 nitrogen and oxygen atoms in total. The number of para-hydroxylation sites is 1. The number of hydrazone groups is 1. The standard InChI is InChI=1S/C17H18N4O3S/c1-2-6-12-10-18-17(25-12)19-15(22)13-9-14(16(23)24)21(20-13)11-7-4-3-5-8-11/h3-5,7-8,10,14H,2,6,9H2,1H3,(H,23,24)(H,18,19,22). The van der Waals surface area contributed by atoms with E-state index in [0.717, 1.165) is 17.7 Å². The fourth-order valence-corrected chi connectivity index (χ4v) is 3.46. The van der Waals surface area contributed by atoms with Gasteiger partial charge in [-0.25, -0.2) is 9.78 Å². The molecule has 1 aliphatic rings. The Labute approximate surface area is 149 Å². The van der Waals surface area contributed by atoms with Crippen molar-refractivity contribution in [2.24, 2.45) is 5.10 Å². The quantitative estimate of drug-likeness (QED) is 0.828. The van der Waals surface area contributed by atoms with Crippen molar-refractivity contribution in [3.05, 3.63) is 41.4 Å². The minimum atomic E-state index is -1.02. The van der Waals surface area contributed by atoms with E-state index < -0.39 is 17.9 Å². The Balaban J connectivity index is 1.76. The van der Waals surface area contributed by atoms with Crippen LogP contribution in [0.5, 0.6) is 0 Å². The van der Waals surface area contributed by atoms with E-state index in [0.29, 0.717) is 10.8 Å². The highest BCUT2D eigenvalue weighted by atomic mass is 32.1. The van der Waals surface area contributed by atoms with Crippen molar-refractivity contribution in [3.63, 3.8) is 0 Å². The van der Waals surface area contributed by atoms with Gasteiger partial charge in [0.15, 0.2) is 11.2 Å². The zero-order chi connectivity index (χ0) is 17.8. The lowest BCUT2D eigenvalue weighted by Gasteiger charge is -2.19. The van der Waals surface area contributed by atoms with Crippen LogP contribution in [0.25, 0.3) is 0 Å². The summed E-state index contributed by atoms with van der Waals surface area (Å²) in [7, 11) is 0. The van der Waals surface area contributed by atoms with E-state index in [2.05, 4.69) is 22.3 Å². The highest BCUT2D eigenvalue weighted by Crippen LogP contribution is 2.25. The van der Waals surface area contributed by atoms with E-state index in [-0.39, 0.29) is 12.1 Å². The third kappa shape index (κ3) is 3.85. The summed E-state index contributed by atoms with van der Waals surface area (Å²) in [6.07, 6.45) is 3.71. The molecule has 0 bridgehead atoms. The molecule has 0 fully saturated rings. The topological polar surface area (TPSA) is 94.9 Å². The molecule has 1 aliphatic heterocycles. The molecule has 0 radical (unpaired) electrons. The molecule has 0 aliphatic carbocycles. The number of aryl methyl sites for hydroxylation is 1. The third-order valence-corrected chi connectivity index (χ3v) is 4.72. The van der Waals surface area contributed by atoms with Gasteiger partial charge in [0.05, 0.1) is 5.69 Å². The lowest BCUT2D eigenvalue weighted by molar-refractivity contribution is -0.138. The number of nitrogens with zero attached hydrogens (tertiary/aromatic N) is 3. The van der Waals surface area contributed by atoms with Crippen LogP contribution < -0.4 is 10.3 Å². The highest BCUT2D eigenvalue weighted by molar-refractivity contribution is 7.15. The molecule has 25 heavy (non-hydrogen) atoms. The minimum absolute atomic E-state index is 0.0449. The van der Waals surface area contributed by atoms with Gasteiger partial charge in [-0.1, -0.05) is 31.5 Å². The molecule has 0 saturated carbocycles. The van der Waals surface area contributed by atoms with Gasteiger partial charge < -0.3 is 5.11 Å². The number of carbonyl (C=O) groups is 2. The molecule has 0 spiro atoms. The molecule has 1 aromatic heterocycles. The first-order chi connectivity index (χ1) is 12.1. The Morgan fingerprint density at radius 2 is 2.12 bits per heavy atom. The number of rotatable bonds is 6. The van der Waals surface area contributed by atoms with E-state index >= 15 is 0 Å². The number of carbonyl (C=O) groups excluding carboxylic acids is 1. The van der Waals surface area contributed by atoms with Gasteiger partial charge >= 0.3 is 5.97 Å². The molecule has 3 rings (SSSR count). The number of aliphatic carboxylic acids is 1. The summed E-state index contributed by atoms with van der Waals surface area (Å²) in [4.78, 5) is 29.2. The van der Waals surface area contributed by atoms with Gasteiger partial charge in [-0.15, -0.1) is 11.3 Å². The molecule has 1 aromatic carbocycles. The smallest absolute Gasteiger partial charge is 0.328 e. The number of hydrogen-bond donors (Lipinski definition) is 2. The van der Waals surface area contributed by atoms with Gasteiger partial charge in [-0.3, -0.25) is 15.1 Å². The second-order valence-corrected chi connectivity index (χ2v) is 6.74. The van der Waals surface area contributed by atoms with Crippen LogP contribution in [0.1, 0.15) is 24.6 Å². The second-order valence-electron chi connectivity index (χ2n) is 5.62. The maximum absolute atomic E-state index is 12.4. The first kappa shape index (κ1) is 17.1. The van der Waals surface area contributed by atoms with Crippen LogP contribution in [0.15, 0.2) is 41.6 Å². The van der Waals surface area contributed by atoms with Gasteiger partial charge in [-0.05, 0) is 18.6 Å². The number of thiazole rings is 1. The van der Waals surface area contributed by atoms with E-state index in [1.165, 1.54) is 16.3 Å². The summed E-state index contributed by atoms with van der Waals surface area (Å²) >= 11 is 1.42. The summed E-state index contributed by atoms with van der Waals surface area (Å²) in [5.74, 6) is -1.43. The molecule has 2 heterocycles. The van der Waals surface area contributed by atoms with Gasteiger partial charge in [0.25, 0.3) is 5.91 Å². The first-order valence-electron chi connectivity index (χ1n) is 7.99. The second kappa shape index (κ2) is 7.43. The molecule has 130 valence electrons. The lowest BCUT2D eigenvalue weighted by atomic mass is 10.1. The summed E-state index contributed by atoms with van der Waals surface area (Å²) in [5, 5.41) is 18.3. The first-order valence-corrected chi connectivity index (χ1v) is 8.80. The van der Waals surface area contributed by atoms with Crippen LogP contribution in [0.4, 0.5) is 10.8 Å². The highest BCUT2D eigenvalue weighted by Gasteiger charge is 2.36. The molecule has 8 heteroatoms. The Kier molecular flexibility index (Phi) is 5.08. The lowest BCUT2D eigenvalue weighted by Crippen LogP contribution is -2.34. The zero-order valence-corrected chi connectivity index (χ0v) is 14.5. The normalized spacial score (nSPS) is 16.6. The summed E-state index contributed by atoms with van der Waals surface area (Å²) in [6, 6.07) is 8.06. The molecule has 1 amide bonds. The SMILES string of the molecule is CCCc1cnc(NC(=O)C2=NN(c3ccccc3)C(C(=O)O)C2)s1. The number of nitrogens with one attached hydrogen (secondary N) is 1. The summed E-state index contributed by atoms with van der Waals surface area (Å²) < 4.78 is 0. The maximum Gasteiger partial charge on any atom is 0.328 e. The zero-order valence-electron chi connectivity index (χ0n) is 13.7. The number of benzene rings is 1. The number of anilines is 2. The average Bonchev–Trinajstić information content (AvgIpc) is 3.23. The van der Waals surface area contributed by atoms with Crippen molar-refractivity contribution < 1.29 is 14.7 Å². The molecule has 1 atom stereocenters. The van der Waals surface area contributed by atoms with Gasteiger partial charge in [0.2, 0.25) is 0 Å². The average molecular weight is 358 g/mol. The van der Waals surface area contributed by atoms with Crippen molar-refractivity contribution in [1.82, 2.24) is 4.98 Å². The molecular weight excluding hydrogens is 340 g/mol. The number of aromatic nitrogens is 1. The number of hydrogen-bond acceptors (Lipinski definition) is 6. The molecule has 0 saturated heterocycles. The predicted molar refractivity (Wildman–Crippen MR) is 97.1 cm³/mol. The molecule has 2 N–H and O–H groups in total. The number of carboxylic acid groups (broad SMARTS) is 1. The van der Waals surface area contributed by atoms with Crippen LogP contribution in [0, 0.1) is 0 Å². The molecule has 2 aromatic rings. The van der Waals surface area contributed by atoms with Crippen molar-refractivity contribution in [2.45, 2.75) is 32.2 Å². The summed E-state index contributed by atoms with van der Waals surface area (Å²) in [5.41, 5.74) is 0.820. The Morgan fingerprint density at radius 3 is 2.80 bits per heavy atom. The van der Waals surface area contributed by atoms with E-state index in [9.17, 15) is 14.7 Å². The van der Waals surface area contributed by atoms with Crippen LogP contribution in [-0.4, -0.2) is 33.7 Å². The van der Waals surface area contributed by atoms with E-state index in [1.54, 1.807) is 30.5 Å². The third-order valence-electron chi connectivity index (χ3n) is 3.75. The van der Waals surface area contributed by atoms with Crippen LogP contribution in [0.2, 0.25) is 0 Å². The fourth-order valence-electron chi connectivity index (χ4n) is 2.56. The molecular formula is C17H18N4O3S. The fraction of sp³-hybridized carbons (Fsp3) is 0.294. The number of amides is 1. The van der Waals surface area contributed by atoms with E-state index in [1.807, 2.05) is 6.07 Å². The maximum atomic E-state index is 12.4. The van der Waals surface area contributed by atoms with E-state index in [4.69, 9.17) is 0 Å². The Bertz CT molecular complexity index is 803. The predicted octanol–water partition coefficient (Wildman–Crippen LogP) is 2.75. The van der Waals surface area contributed by atoms with Crippen LogP contribution >= 0.6 is 11.3 Å². The van der Waals surface area contributed by atoms with Crippen LogP contribution in [-0.2, 0) is 16.0 Å². The summed E-state index contributed by atoms with van der Waals surface area (Å²) in [6.45, 7) is 2.08. The number of carboxylic acids is 1. The van der Waals surface area contributed by atoms with Gasteiger partial charge in [0.1, 0.15) is 5.71 Å². The Morgan fingerprint density at radius 1 is 1.36 bits per heavy atom. The monoisotopic (exact) mass is 358 g/mol. The van der Waals surface area contributed by atoms with Crippen molar-refractivity contribution in [3.8, 4) is 0 Å². The van der Waals surface area contributed by atoms with Crippen molar-refractivity contribution >= 4 is 39.7 Å². The van der Waals surface area contributed by atoms with Crippen molar-refractivity contribution in [2.75, 3.05) is 10.3 Å². The van der Waals surface area contributed by atoms with Gasteiger partial charge in [-0.2, -0.15) is 5.10 Å². The largest absolute Gasteiger partial charge is 0.480 e. The minimum Gasteiger partial charge on any atom is -0.480 e. The molecule has 1 unspecified atom stereocenters. The van der Waals surface area contributed by atoms with Gasteiger partial charge in [0, 0.05) is 17.5 Å².